The molecular formula is C18H17ClF3N3O5S. The molecule has 1 aromatic carbocycles. The van der Waals surface area contributed by atoms with Gasteiger partial charge >= 0.3 is 6.18 Å². The zero-order valence-electron chi connectivity index (χ0n) is 15.9. The number of benzene rings is 1. The van der Waals surface area contributed by atoms with Crippen LogP contribution < -0.4 is 10.9 Å². The van der Waals surface area contributed by atoms with E-state index >= 15 is 0 Å². The van der Waals surface area contributed by atoms with Crippen molar-refractivity contribution in [1.82, 2.24) is 8.87 Å². The zero-order chi connectivity index (χ0) is 22.8. The molecule has 0 aliphatic carbocycles. The second-order valence-corrected chi connectivity index (χ2v) is 8.94. The van der Waals surface area contributed by atoms with Gasteiger partial charge in [0.2, 0.25) is 15.9 Å². The van der Waals surface area contributed by atoms with E-state index in [4.69, 9.17) is 16.3 Å². The lowest BCUT2D eigenvalue weighted by atomic mass is 10.2. The molecule has 168 valence electrons. The van der Waals surface area contributed by atoms with Gasteiger partial charge in [-0.05, 0) is 30.3 Å². The second-order valence-electron chi connectivity index (χ2n) is 6.60. The molecule has 13 heteroatoms. The van der Waals surface area contributed by atoms with Gasteiger partial charge < -0.3 is 14.6 Å². The number of anilines is 1. The van der Waals surface area contributed by atoms with Crippen LogP contribution in [0, 0.1) is 0 Å². The van der Waals surface area contributed by atoms with Crippen molar-refractivity contribution >= 4 is 33.2 Å². The Labute approximate surface area is 180 Å². The number of nitrogens with one attached hydrogen (secondary N) is 1. The molecule has 8 nitrogen and oxygen atoms in total. The van der Waals surface area contributed by atoms with Gasteiger partial charge in [0.15, 0.2) is 0 Å². The third-order valence-electron chi connectivity index (χ3n) is 4.43. The third kappa shape index (κ3) is 5.45. The Bertz CT molecular complexity index is 1130. The molecular weight excluding hydrogens is 463 g/mol. The first-order chi connectivity index (χ1) is 14.5. The summed E-state index contributed by atoms with van der Waals surface area (Å²) in [7, 11) is -3.71. The highest BCUT2D eigenvalue weighted by atomic mass is 35.5. The van der Waals surface area contributed by atoms with E-state index in [-0.39, 0.29) is 23.7 Å². The monoisotopic (exact) mass is 479 g/mol. The number of alkyl halides is 3. The van der Waals surface area contributed by atoms with Gasteiger partial charge in [-0.15, -0.1) is 0 Å². The molecule has 31 heavy (non-hydrogen) atoms. The van der Waals surface area contributed by atoms with Crippen LogP contribution in [0.15, 0.2) is 46.2 Å². The van der Waals surface area contributed by atoms with Crippen molar-refractivity contribution < 1.29 is 31.1 Å². The third-order valence-corrected chi connectivity index (χ3v) is 6.61. The van der Waals surface area contributed by atoms with Crippen molar-refractivity contribution in [2.45, 2.75) is 17.6 Å². The van der Waals surface area contributed by atoms with Gasteiger partial charge in [-0.1, -0.05) is 11.6 Å². The highest BCUT2D eigenvalue weighted by molar-refractivity contribution is 7.89. The van der Waals surface area contributed by atoms with Crippen LogP contribution in [0.5, 0.6) is 0 Å². The van der Waals surface area contributed by atoms with Crippen LogP contribution in [-0.2, 0) is 32.3 Å². The van der Waals surface area contributed by atoms with Gasteiger partial charge in [0.05, 0.1) is 23.7 Å². The van der Waals surface area contributed by atoms with Crippen molar-refractivity contribution in [2.24, 2.45) is 0 Å². The summed E-state index contributed by atoms with van der Waals surface area (Å²) in [5.74, 6) is -0.790. The molecule has 3 rings (SSSR count). The molecule has 2 aromatic rings. The predicted octanol–water partition coefficient (Wildman–Crippen LogP) is 2.18. The number of morpholine rings is 1. The van der Waals surface area contributed by atoms with Crippen LogP contribution in [0.2, 0.25) is 5.02 Å². The van der Waals surface area contributed by atoms with Crippen molar-refractivity contribution in [3.05, 3.63) is 57.5 Å². The molecule has 1 amide bonds. The number of sulfonamides is 1. The quantitative estimate of drug-likeness (QED) is 0.709. The average Bonchev–Trinajstić information content (AvgIpc) is 2.71. The summed E-state index contributed by atoms with van der Waals surface area (Å²) in [6, 6.07) is 5.77. The number of nitrogens with zero attached hydrogens (tertiary/aromatic N) is 2. The maximum atomic E-state index is 12.9. The summed E-state index contributed by atoms with van der Waals surface area (Å²) < 4.78 is 70.8. The highest BCUT2D eigenvalue weighted by Crippen LogP contribution is 2.29. The van der Waals surface area contributed by atoms with Crippen LogP contribution in [-0.4, -0.2) is 49.5 Å². The van der Waals surface area contributed by atoms with E-state index in [1.54, 1.807) is 0 Å². The number of aromatic nitrogens is 1. The summed E-state index contributed by atoms with van der Waals surface area (Å²) >= 11 is 5.56. The van der Waals surface area contributed by atoms with E-state index in [0.717, 1.165) is 0 Å². The molecule has 0 atom stereocenters. The van der Waals surface area contributed by atoms with Gasteiger partial charge in [0.25, 0.3) is 5.56 Å². The molecule has 0 spiro atoms. The Morgan fingerprint density at radius 3 is 2.35 bits per heavy atom. The standard InChI is InChI=1S/C18H17ClF3N3O5S/c19-15-9-12(18(20,21)22)10-24(17(15)27)11-16(26)23-13-1-3-14(4-2-13)31(28,29)25-5-7-30-8-6-25/h1-4,9-10H,5-8,11H2,(H,23,26). The van der Waals surface area contributed by atoms with Crippen molar-refractivity contribution in [1.29, 1.82) is 0 Å². The lowest BCUT2D eigenvalue weighted by molar-refractivity contribution is -0.138. The molecule has 1 aliphatic heterocycles. The fourth-order valence-corrected chi connectivity index (χ4v) is 4.51. The first-order valence-electron chi connectivity index (χ1n) is 8.93. The summed E-state index contributed by atoms with van der Waals surface area (Å²) in [5.41, 5.74) is -1.91. The minimum Gasteiger partial charge on any atom is -0.379 e. The summed E-state index contributed by atoms with van der Waals surface area (Å²) in [5, 5.41) is 1.74. The number of pyridine rings is 1. The fourth-order valence-electron chi connectivity index (χ4n) is 2.87. The Hall–Kier alpha value is -2.41. The van der Waals surface area contributed by atoms with Crippen molar-refractivity contribution in [3.8, 4) is 0 Å². The number of hydrogen-bond acceptors (Lipinski definition) is 5. The lowest BCUT2D eigenvalue weighted by Crippen LogP contribution is -2.40. The largest absolute Gasteiger partial charge is 0.417 e. The minimum atomic E-state index is -4.74. The van der Waals surface area contributed by atoms with Crippen LogP contribution >= 0.6 is 11.6 Å². The topological polar surface area (TPSA) is 97.7 Å². The summed E-state index contributed by atoms with van der Waals surface area (Å²) in [6.07, 6.45) is -4.23. The molecule has 1 aromatic heterocycles. The second kappa shape index (κ2) is 8.99. The number of carbonyl (C=O) groups is 1. The lowest BCUT2D eigenvalue weighted by Gasteiger charge is -2.26. The SMILES string of the molecule is O=C(Cn1cc(C(F)(F)F)cc(Cl)c1=O)Nc1ccc(S(=O)(=O)N2CCOCC2)cc1. The normalized spacial score (nSPS) is 15.6. The number of ether oxygens (including phenoxy) is 1. The summed E-state index contributed by atoms with van der Waals surface area (Å²) in [4.78, 5) is 24.2. The number of carbonyl (C=O) groups excluding carboxylic acids is 1. The molecule has 0 unspecified atom stereocenters. The Morgan fingerprint density at radius 2 is 1.77 bits per heavy atom. The van der Waals surface area contributed by atoms with Crippen LogP contribution in [0.4, 0.5) is 18.9 Å². The molecule has 1 aliphatic rings. The van der Waals surface area contributed by atoms with E-state index < -0.39 is 44.8 Å². The zero-order valence-corrected chi connectivity index (χ0v) is 17.4. The maximum absolute atomic E-state index is 12.9. The van der Waals surface area contributed by atoms with E-state index in [1.807, 2.05) is 0 Å². The predicted molar refractivity (Wildman–Crippen MR) is 105 cm³/mol. The van der Waals surface area contributed by atoms with Gasteiger partial charge in [0.1, 0.15) is 11.6 Å². The van der Waals surface area contributed by atoms with E-state index in [1.165, 1.54) is 28.6 Å². The van der Waals surface area contributed by atoms with Crippen molar-refractivity contribution in [2.75, 3.05) is 31.6 Å². The van der Waals surface area contributed by atoms with Gasteiger partial charge in [-0.25, -0.2) is 8.42 Å². The van der Waals surface area contributed by atoms with E-state index in [2.05, 4.69) is 5.32 Å². The summed E-state index contributed by atoms with van der Waals surface area (Å²) in [6.45, 7) is 0.346. The van der Waals surface area contributed by atoms with Crippen molar-refractivity contribution in [3.63, 3.8) is 0 Å². The first-order valence-corrected chi connectivity index (χ1v) is 10.8. The number of amides is 1. The molecule has 0 radical (unpaired) electrons. The van der Waals surface area contributed by atoms with Gasteiger partial charge in [-0.3, -0.25) is 9.59 Å². The number of halogens is 4. The van der Waals surface area contributed by atoms with Crippen LogP contribution in [0.1, 0.15) is 5.56 Å². The Morgan fingerprint density at radius 1 is 1.16 bits per heavy atom. The maximum Gasteiger partial charge on any atom is 0.417 e. The van der Waals surface area contributed by atoms with Gasteiger partial charge in [0, 0.05) is 25.0 Å². The first kappa shape index (κ1) is 23.3. The van der Waals surface area contributed by atoms with E-state index in [0.29, 0.717) is 30.0 Å². The Balaban J connectivity index is 1.72. The minimum absolute atomic E-state index is 0.0216. The number of hydrogen-bond donors (Lipinski definition) is 1. The molecule has 1 fully saturated rings. The fraction of sp³-hybridized carbons (Fsp3) is 0.333. The smallest absolute Gasteiger partial charge is 0.379 e. The Kier molecular flexibility index (Phi) is 6.74. The molecule has 0 bridgehead atoms. The van der Waals surface area contributed by atoms with Crippen LogP contribution in [0.3, 0.4) is 0 Å². The highest BCUT2D eigenvalue weighted by Gasteiger charge is 2.32. The van der Waals surface area contributed by atoms with E-state index in [9.17, 15) is 31.2 Å². The van der Waals surface area contributed by atoms with Gasteiger partial charge in [-0.2, -0.15) is 17.5 Å². The van der Waals surface area contributed by atoms with Crippen LogP contribution in [0.25, 0.3) is 0 Å². The molecule has 0 saturated carbocycles. The molecule has 2 heterocycles. The molecule has 1 N–H and O–H groups in total. The number of rotatable bonds is 5. The average molecular weight is 480 g/mol. The molecule has 1 saturated heterocycles.